The SMILES string of the molecule is CCCCC(C)(I)CC. The molecule has 1 atom stereocenters. The van der Waals surface area contributed by atoms with E-state index in [4.69, 9.17) is 0 Å². The third-order valence-electron chi connectivity index (χ3n) is 1.79. The summed E-state index contributed by atoms with van der Waals surface area (Å²) in [6.45, 7) is 6.85. The summed E-state index contributed by atoms with van der Waals surface area (Å²) in [7, 11) is 0. The third-order valence-corrected chi connectivity index (χ3v) is 3.09. The monoisotopic (exact) mass is 240 g/mol. The van der Waals surface area contributed by atoms with E-state index in [-0.39, 0.29) is 0 Å². The molecule has 1 unspecified atom stereocenters. The topological polar surface area (TPSA) is 0 Å². The lowest BCUT2D eigenvalue weighted by Gasteiger charge is -2.19. The molecule has 0 aliphatic heterocycles. The van der Waals surface area contributed by atoms with Crippen LogP contribution in [0, 0.1) is 0 Å². The molecule has 1 heteroatoms. The Morgan fingerprint density at radius 1 is 1.33 bits per heavy atom. The fourth-order valence-corrected chi connectivity index (χ4v) is 1.10. The Balaban J connectivity index is 3.33. The van der Waals surface area contributed by atoms with Crippen LogP contribution in [0.4, 0.5) is 0 Å². The molecule has 0 bridgehead atoms. The molecule has 56 valence electrons. The number of unbranched alkanes of at least 4 members (excludes halogenated alkanes) is 1. The van der Waals surface area contributed by atoms with E-state index in [2.05, 4.69) is 43.4 Å². The molecule has 0 aliphatic carbocycles. The highest BCUT2D eigenvalue weighted by Gasteiger charge is 2.15. The van der Waals surface area contributed by atoms with Crippen molar-refractivity contribution < 1.29 is 0 Å². The largest absolute Gasteiger partial charge is 0.0792 e. The lowest BCUT2D eigenvalue weighted by atomic mass is 10.0. The van der Waals surface area contributed by atoms with Gasteiger partial charge in [0, 0.05) is 3.42 Å². The van der Waals surface area contributed by atoms with E-state index >= 15 is 0 Å². The summed E-state index contributed by atoms with van der Waals surface area (Å²) in [4.78, 5) is 0. The molecular weight excluding hydrogens is 223 g/mol. The zero-order chi connectivity index (χ0) is 7.33. The summed E-state index contributed by atoms with van der Waals surface area (Å²) < 4.78 is 0.563. The maximum absolute atomic E-state index is 2.56. The second-order valence-corrected chi connectivity index (χ2v) is 5.47. The number of alkyl halides is 1. The Morgan fingerprint density at radius 2 is 1.89 bits per heavy atom. The van der Waals surface area contributed by atoms with E-state index in [1.54, 1.807) is 0 Å². The Hall–Kier alpha value is 0.730. The molecule has 0 aromatic carbocycles. The average molecular weight is 240 g/mol. The first kappa shape index (κ1) is 9.73. The van der Waals surface area contributed by atoms with Crippen molar-refractivity contribution in [1.29, 1.82) is 0 Å². The summed E-state index contributed by atoms with van der Waals surface area (Å²) in [5.74, 6) is 0. The quantitative estimate of drug-likeness (QED) is 0.518. The van der Waals surface area contributed by atoms with Gasteiger partial charge in [0.1, 0.15) is 0 Å². The van der Waals surface area contributed by atoms with Crippen molar-refractivity contribution in [2.75, 3.05) is 0 Å². The highest BCUT2D eigenvalue weighted by atomic mass is 127. The van der Waals surface area contributed by atoms with Crippen molar-refractivity contribution in [1.82, 2.24) is 0 Å². The van der Waals surface area contributed by atoms with Crippen molar-refractivity contribution in [2.24, 2.45) is 0 Å². The second-order valence-electron chi connectivity index (χ2n) is 2.87. The van der Waals surface area contributed by atoms with Gasteiger partial charge in [0.05, 0.1) is 0 Å². The van der Waals surface area contributed by atoms with Gasteiger partial charge < -0.3 is 0 Å². The maximum Gasteiger partial charge on any atom is 0.0191 e. The zero-order valence-corrected chi connectivity index (χ0v) is 8.86. The smallest absolute Gasteiger partial charge is 0.0191 e. The van der Waals surface area contributed by atoms with Crippen LogP contribution in [-0.4, -0.2) is 3.42 Å². The molecule has 0 spiro atoms. The van der Waals surface area contributed by atoms with Crippen LogP contribution in [0.5, 0.6) is 0 Å². The first-order chi connectivity index (χ1) is 4.12. The van der Waals surface area contributed by atoms with Crippen LogP contribution in [0.25, 0.3) is 0 Å². The van der Waals surface area contributed by atoms with E-state index in [1.807, 2.05) is 0 Å². The molecule has 0 nitrogen and oxygen atoms in total. The second kappa shape index (κ2) is 4.53. The Kier molecular flexibility index (Phi) is 4.90. The van der Waals surface area contributed by atoms with Crippen LogP contribution < -0.4 is 0 Å². The molecule has 0 aromatic rings. The van der Waals surface area contributed by atoms with Gasteiger partial charge in [-0.1, -0.05) is 56.2 Å². The molecule has 0 aromatic heterocycles. The van der Waals surface area contributed by atoms with Crippen LogP contribution >= 0.6 is 22.6 Å². The molecule has 0 rings (SSSR count). The summed E-state index contributed by atoms with van der Waals surface area (Å²) in [6.07, 6.45) is 5.39. The molecule has 9 heavy (non-hydrogen) atoms. The van der Waals surface area contributed by atoms with E-state index in [1.165, 1.54) is 25.7 Å². The zero-order valence-electron chi connectivity index (χ0n) is 6.71. The molecule has 0 heterocycles. The summed E-state index contributed by atoms with van der Waals surface area (Å²) in [6, 6.07) is 0. The van der Waals surface area contributed by atoms with Gasteiger partial charge in [-0.2, -0.15) is 0 Å². The van der Waals surface area contributed by atoms with Crippen molar-refractivity contribution >= 4 is 22.6 Å². The molecule has 0 amide bonds. The van der Waals surface area contributed by atoms with Crippen LogP contribution in [-0.2, 0) is 0 Å². The van der Waals surface area contributed by atoms with E-state index in [9.17, 15) is 0 Å². The van der Waals surface area contributed by atoms with Gasteiger partial charge in [-0.15, -0.1) is 0 Å². The van der Waals surface area contributed by atoms with Crippen LogP contribution in [0.2, 0.25) is 0 Å². The lowest BCUT2D eigenvalue weighted by Crippen LogP contribution is -2.12. The predicted octanol–water partition coefficient (Wildman–Crippen LogP) is 3.78. The van der Waals surface area contributed by atoms with Gasteiger partial charge in [-0.05, 0) is 12.8 Å². The van der Waals surface area contributed by atoms with Gasteiger partial charge in [0.15, 0.2) is 0 Å². The summed E-state index contributed by atoms with van der Waals surface area (Å²) >= 11 is 2.56. The first-order valence-electron chi connectivity index (χ1n) is 3.81. The molecule has 0 aliphatic rings. The standard InChI is InChI=1S/C8H17I/c1-4-6-7-8(3,9)5-2/h4-7H2,1-3H3. The van der Waals surface area contributed by atoms with E-state index in [0.717, 1.165) is 0 Å². The maximum atomic E-state index is 2.56. The Labute approximate surface area is 72.6 Å². The summed E-state index contributed by atoms with van der Waals surface area (Å²) in [5.41, 5.74) is 0. The highest BCUT2D eigenvalue weighted by Crippen LogP contribution is 2.27. The molecule has 0 saturated heterocycles. The fraction of sp³-hybridized carbons (Fsp3) is 1.00. The predicted molar refractivity (Wildman–Crippen MR) is 52.2 cm³/mol. The van der Waals surface area contributed by atoms with Crippen LogP contribution in [0.15, 0.2) is 0 Å². The Morgan fingerprint density at radius 3 is 2.22 bits per heavy atom. The number of hydrogen-bond donors (Lipinski definition) is 0. The minimum absolute atomic E-state index is 0.563. The van der Waals surface area contributed by atoms with E-state index < -0.39 is 0 Å². The van der Waals surface area contributed by atoms with Crippen molar-refractivity contribution in [3.8, 4) is 0 Å². The molecule has 0 saturated carbocycles. The first-order valence-corrected chi connectivity index (χ1v) is 4.89. The highest BCUT2D eigenvalue weighted by molar-refractivity contribution is 14.1. The van der Waals surface area contributed by atoms with Gasteiger partial charge >= 0.3 is 0 Å². The fourth-order valence-electron chi connectivity index (χ4n) is 0.722. The molecule has 0 fully saturated rings. The van der Waals surface area contributed by atoms with Crippen molar-refractivity contribution in [3.63, 3.8) is 0 Å². The molecule has 0 N–H and O–H groups in total. The van der Waals surface area contributed by atoms with Crippen molar-refractivity contribution in [3.05, 3.63) is 0 Å². The average Bonchev–Trinajstić information content (AvgIpc) is 1.84. The lowest BCUT2D eigenvalue weighted by molar-refractivity contribution is 0.562. The summed E-state index contributed by atoms with van der Waals surface area (Å²) in [5, 5.41) is 0. The molecular formula is C8H17I. The Bertz CT molecular complexity index is 67.0. The van der Waals surface area contributed by atoms with Crippen LogP contribution in [0.3, 0.4) is 0 Å². The number of halogens is 1. The third kappa shape index (κ3) is 5.19. The van der Waals surface area contributed by atoms with E-state index in [0.29, 0.717) is 3.42 Å². The van der Waals surface area contributed by atoms with Crippen molar-refractivity contribution in [2.45, 2.75) is 49.9 Å². The van der Waals surface area contributed by atoms with Crippen LogP contribution in [0.1, 0.15) is 46.5 Å². The number of rotatable bonds is 4. The minimum Gasteiger partial charge on any atom is -0.0792 e. The minimum atomic E-state index is 0.563. The number of hydrogen-bond acceptors (Lipinski definition) is 0. The normalized spacial score (nSPS) is 17.3. The van der Waals surface area contributed by atoms with Gasteiger partial charge in [0.25, 0.3) is 0 Å². The van der Waals surface area contributed by atoms with Gasteiger partial charge in [-0.3, -0.25) is 0 Å². The molecule has 0 radical (unpaired) electrons. The van der Waals surface area contributed by atoms with Gasteiger partial charge in [0.2, 0.25) is 0 Å². The van der Waals surface area contributed by atoms with Gasteiger partial charge in [-0.25, -0.2) is 0 Å².